The van der Waals surface area contributed by atoms with E-state index >= 15 is 0 Å². The molecule has 0 aliphatic carbocycles. The van der Waals surface area contributed by atoms with Crippen molar-refractivity contribution in [1.82, 2.24) is 0 Å². The number of nitrogens with one attached hydrogen (secondary N) is 1. The van der Waals surface area contributed by atoms with E-state index in [2.05, 4.69) is 11.4 Å². The first-order valence-corrected chi connectivity index (χ1v) is 6.72. The van der Waals surface area contributed by atoms with Crippen molar-refractivity contribution in [3.8, 4) is 0 Å². The molecule has 0 heterocycles. The fourth-order valence-electron chi connectivity index (χ4n) is 1.42. The zero-order valence-corrected chi connectivity index (χ0v) is 10.1. The molecule has 0 radical (unpaired) electrons. The normalized spacial score (nSPS) is 12.4. The average Bonchev–Trinajstić information content (AvgIpc) is 2.10. The summed E-state index contributed by atoms with van der Waals surface area (Å²) in [6.07, 6.45) is 2.64. The van der Waals surface area contributed by atoms with Crippen LogP contribution in [-0.4, -0.2) is 22.8 Å². The average molecular weight is 226 g/mol. The minimum Gasteiger partial charge on any atom is -0.399 e. The van der Waals surface area contributed by atoms with E-state index in [4.69, 9.17) is 5.73 Å². The number of nitrogens with two attached hydrogens (primary N) is 1. The van der Waals surface area contributed by atoms with E-state index in [0.29, 0.717) is 0 Å². The Bertz CT molecular complexity index is 332. The Morgan fingerprint density at radius 1 is 1.40 bits per heavy atom. The van der Waals surface area contributed by atoms with E-state index in [1.54, 1.807) is 6.26 Å². The molecule has 0 saturated carbocycles. The Balaban J connectivity index is 2.40. The Labute approximate surface area is 93.5 Å². The van der Waals surface area contributed by atoms with Crippen LogP contribution < -0.4 is 11.1 Å². The van der Waals surface area contributed by atoms with E-state index in [1.807, 2.05) is 19.1 Å². The zero-order valence-electron chi connectivity index (χ0n) is 9.25. The molecule has 1 rings (SSSR count). The van der Waals surface area contributed by atoms with Crippen LogP contribution in [0.4, 0.5) is 11.4 Å². The molecule has 15 heavy (non-hydrogen) atoms. The van der Waals surface area contributed by atoms with Gasteiger partial charge in [-0.1, -0.05) is 0 Å². The summed E-state index contributed by atoms with van der Waals surface area (Å²) >= 11 is 0. The Morgan fingerprint density at radius 3 is 2.73 bits per heavy atom. The second-order valence-electron chi connectivity index (χ2n) is 3.69. The summed E-state index contributed by atoms with van der Waals surface area (Å²) in [5, 5.41) is 3.27. The van der Waals surface area contributed by atoms with Gasteiger partial charge in [0.15, 0.2) is 0 Å². The van der Waals surface area contributed by atoms with E-state index < -0.39 is 10.8 Å². The van der Waals surface area contributed by atoms with Crippen LogP contribution in [0, 0.1) is 6.92 Å². The summed E-state index contributed by atoms with van der Waals surface area (Å²) in [6, 6.07) is 5.90. The summed E-state index contributed by atoms with van der Waals surface area (Å²) in [4.78, 5) is 0. The molecule has 1 unspecified atom stereocenters. The molecule has 1 aromatic carbocycles. The molecule has 4 heteroatoms. The molecule has 3 nitrogen and oxygen atoms in total. The molecule has 3 N–H and O–H groups in total. The van der Waals surface area contributed by atoms with Crippen LogP contribution in [0.1, 0.15) is 12.0 Å². The zero-order chi connectivity index (χ0) is 11.3. The topological polar surface area (TPSA) is 55.1 Å². The van der Waals surface area contributed by atoms with Crippen LogP contribution in [0.3, 0.4) is 0 Å². The van der Waals surface area contributed by atoms with Crippen LogP contribution in [0.5, 0.6) is 0 Å². The first kappa shape index (κ1) is 12.0. The van der Waals surface area contributed by atoms with E-state index in [-0.39, 0.29) is 0 Å². The molecule has 1 aromatic rings. The lowest BCUT2D eigenvalue weighted by Crippen LogP contribution is -2.06. The van der Waals surface area contributed by atoms with Crippen molar-refractivity contribution in [2.75, 3.05) is 29.6 Å². The molecule has 0 amide bonds. The molecular formula is C11H18N2OS. The summed E-state index contributed by atoms with van der Waals surface area (Å²) in [7, 11) is -0.697. The van der Waals surface area contributed by atoms with Crippen molar-refractivity contribution in [1.29, 1.82) is 0 Å². The fourth-order valence-corrected chi connectivity index (χ4v) is 1.97. The van der Waals surface area contributed by atoms with Gasteiger partial charge in [0.1, 0.15) is 0 Å². The number of anilines is 2. The predicted molar refractivity (Wildman–Crippen MR) is 67.6 cm³/mol. The highest BCUT2D eigenvalue weighted by atomic mass is 32.2. The Morgan fingerprint density at radius 2 is 2.13 bits per heavy atom. The quantitative estimate of drug-likeness (QED) is 0.594. The van der Waals surface area contributed by atoms with Crippen LogP contribution in [0.2, 0.25) is 0 Å². The van der Waals surface area contributed by atoms with Crippen LogP contribution in [-0.2, 0) is 10.8 Å². The van der Waals surface area contributed by atoms with Crippen molar-refractivity contribution in [3.05, 3.63) is 23.8 Å². The lowest BCUT2D eigenvalue weighted by atomic mass is 10.2. The highest BCUT2D eigenvalue weighted by Gasteiger charge is 1.96. The van der Waals surface area contributed by atoms with Gasteiger partial charge in [-0.3, -0.25) is 4.21 Å². The molecule has 0 bridgehead atoms. The van der Waals surface area contributed by atoms with Gasteiger partial charge in [0.05, 0.1) is 0 Å². The largest absolute Gasteiger partial charge is 0.399 e. The second-order valence-corrected chi connectivity index (χ2v) is 5.24. The van der Waals surface area contributed by atoms with Gasteiger partial charge in [-0.15, -0.1) is 0 Å². The maximum absolute atomic E-state index is 10.8. The van der Waals surface area contributed by atoms with Gasteiger partial charge in [0, 0.05) is 40.7 Å². The Hall–Kier alpha value is -1.03. The Kier molecular flexibility index (Phi) is 4.62. The molecule has 0 aliphatic rings. The smallest absolute Gasteiger partial charge is 0.0363 e. The van der Waals surface area contributed by atoms with Crippen molar-refractivity contribution in [2.45, 2.75) is 13.3 Å². The molecule has 0 aromatic heterocycles. The van der Waals surface area contributed by atoms with Crippen molar-refractivity contribution >= 4 is 22.2 Å². The van der Waals surface area contributed by atoms with Gasteiger partial charge in [-0.05, 0) is 37.1 Å². The minimum atomic E-state index is -0.697. The molecule has 1 atom stereocenters. The molecule has 84 valence electrons. The number of hydrogen-bond acceptors (Lipinski definition) is 3. The van der Waals surface area contributed by atoms with Crippen molar-refractivity contribution in [2.24, 2.45) is 0 Å². The summed E-state index contributed by atoms with van der Waals surface area (Å²) in [5.74, 6) is 0.744. The maximum atomic E-state index is 10.8. The lowest BCUT2D eigenvalue weighted by molar-refractivity contribution is 0.685. The highest BCUT2D eigenvalue weighted by Crippen LogP contribution is 2.15. The third kappa shape index (κ3) is 4.83. The van der Waals surface area contributed by atoms with Gasteiger partial charge >= 0.3 is 0 Å². The second kappa shape index (κ2) is 5.75. The minimum absolute atomic E-state index is 0.697. The van der Waals surface area contributed by atoms with Gasteiger partial charge in [-0.25, -0.2) is 0 Å². The predicted octanol–water partition coefficient (Wildman–Crippen LogP) is 1.76. The summed E-state index contributed by atoms with van der Waals surface area (Å²) in [5.41, 5.74) is 8.68. The van der Waals surface area contributed by atoms with Gasteiger partial charge in [0.2, 0.25) is 0 Å². The standard InChI is InChI=1S/C11H18N2OS/c1-9-6-10(12)8-11(7-9)13-4-3-5-15(2)14/h6-8,13H,3-5,12H2,1-2H3. The number of aryl methyl sites for hydroxylation is 1. The third-order valence-electron chi connectivity index (χ3n) is 2.04. The van der Waals surface area contributed by atoms with Crippen molar-refractivity contribution < 1.29 is 4.21 Å². The van der Waals surface area contributed by atoms with E-state index in [0.717, 1.165) is 35.7 Å². The molecule has 0 spiro atoms. The molecular weight excluding hydrogens is 208 g/mol. The fraction of sp³-hybridized carbons (Fsp3) is 0.455. The number of rotatable bonds is 5. The van der Waals surface area contributed by atoms with Gasteiger partial charge in [0.25, 0.3) is 0 Å². The van der Waals surface area contributed by atoms with Gasteiger partial charge in [-0.2, -0.15) is 0 Å². The summed E-state index contributed by atoms with van der Waals surface area (Å²) < 4.78 is 10.8. The first-order valence-electron chi connectivity index (χ1n) is 4.99. The maximum Gasteiger partial charge on any atom is 0.0363 e. The molecule has 0 aliphatic heterocycles. The first-order chi connectivity index (χ1) is 7.08. The molecule has 0 saturated heterocycles. The van der Waals surface area contributed by atoms with Gasteiger partial charge < -0.3 is 11.1 Å². The van der Waals surface area contributed by atoms with Crippen LogP contribution in [0.25, 0.3) is 0 Å². The van der Waals surface area contributed by atoms with E-state index in [9.17, 15) is 4.21 Å². The monoisotopic (exact) mass is 226 g/mol. The van der Waals surface area contributed by atoms with E-state index in [1.165, 1.54) is 0 Å². The van der Waals surface area contributed by atoms with Crippen molar-refractivity contribution in [3.63, 3.8) is 0 Å². The SMILES string of the molecule is Cc1cc(N)cc(NCCCS(C)=O)c1. The number of hydrogen-bond donors (Lipinski definition) is 2. The number of benzene rings is 1. The number of nitrogen functional groups attached to an aromatic ring is 1. The van der Waals surface area contributed by atoms with Crippen LogP contribution >= 0.6 is 0 Å². The third-order valence-corrected chi connectivity index (χ3v) is 2.90. The summed E-state index contributed by atoms with van der Waals surface area (Å²) in [6.45, 7) is 2.85. The lowest BCUT2D eigenvalue weighted by Gasteiger charge is -2.07. The molecule has 0 fully saturated rings. The highest BCUT2D eigenvalue weighted by molar-refractivity contribution is 7.84. The van der Waals surface area contributed by atoms with Crippen LogP contribution in [0.15, 0.2) is 18.2 Å².